The van der Waals surface area contributed by atoms with Crippen molar-refractivity contribution in [2.45, 2.75) is 50.9 Å². The van der Waals surface area contributed by atoms with Crippen molar-refractivity contribution >= 4 is 23.6 Å². The van der Waals surface area contributed by atoms with Gasteiger partial charge in [-0.1, -0.05) is 42.5 Å². The molecule has 1 aromatic heterocycles. The fourth-order valence-corrected chi connectivity index (χ4v) is 4.70. The summed E-state index contributed by atoms with van der Waals surface area (Å²) in [5.41, 5.74) is 1.49. The van der Waals surface area contributed by atoms with Gasteiger partial charge in [0.2, 0.25) is 23.6 Å². The Morgan fingerprint density at radius 1 is 1.05 bits per heavy atom. The first-order valence-electron chi connectivity index (χ1n) is 14.3. The second-order valence-corrected chi connectivity index (χ2v) is 10.7. The highest BCUT2D eigenvalue weighted by molar-refractivity contribution is 5.93. The van der Waals surface area contributed by atoms with Gasteiger partial charge >= 0.3 is 0 Å². The normalized spacial score (nSPS) is 21.9. The number of benzene rings is 2. The number of fused-ring (bicyclic) bond motifs is 14. The first kappa shape index (κ1) is 29.7. The van der Waals surface area contributed by atoms with Crippen LogP contribution in [-0.2, 0) is 32.1 Å². The molecule has 3 aromatic rings. The summed E-state index contributed by atoms with van der Waals surface area (Å²) in [6.07, 6.45) is 1.70. The van der Waals surface area contributed by atoms with Crippen LogP contribution in [-0.4, -0.2) is 75.3 Å². The molecule has 226 valence electrons. The summed E-state index contributed by atoms with van der Waals surface area (Å²) in [4.78, 5) is 56.6. The van der Waals surface area contributed by atoms with Crippen LogP contribution in [0, 0.1) is 5.92 Å². The van der Waals surface area contributed by atoms with E-state index in [4.69, 9.17) is 4.74 Å². The molecule has 3 heterocycles. The lowest BCUT2D eigenvalue weighted by Gasteiger charge is -2.23. The molecule has 1 saturated carbocycles. The third kappa shape index (κ3) is 7.74. The summed E-state index contributed by atoms with van der Waals surface area (Å²) in [6.45, 7) is 1.30. The van der Waals surface area contributed by atoms with Crippen LogP contribution in [0.5, 0.6) is 5.75 Å². The fraction of sp³-hybridized carbons (Fsp3) is 0.400. The number of amides is 4. The van der Waals surface area contributed by atoms with Crippen molar-refractivity contribution in [3.05, 3.63) is 66.0 Å². The molecule has 0 radical (unpaired) electrons. The Bertz CT molecular complexity index is 1460. The van der Waals surface area contributed by atoms with Crippen molar-refractivity contribution in [1.29, 1.82) is 0 Å². The summed E-state index contributed by atoms with van der Waals surface area (Å²) < 4.78 is 7.17. The minimum atomic E-state index is -1.30. The van der Waals surface area contributed by atoms with Crippen molar-refractivity contribution in [2.24, 2.45) is 5.92 Å². The highest BCUT2D eigenvalue weighted by Crippen LogP contribution is 2.29. The van der Waals surface area contributed by atoms with E-state index in [1.165, 1.54) is 4.68 Å². The number of aliphatic hydroxyl groups excluding tert-OH is 1. The van der Waals surface area contributed by atoms with Gasteiger partial charge in [0.05, 0.1) is 19.2 Å². The van der Waals surface area contributed by atoms with Crippen LogP contribution in [0.25, 0.3) is 11.4 Å². The maximum Gasteiger partial charge on any atom is 0.245 e. The number of aliphatic hydroxyl groups is 1. The Morgan fingerprint density at radius 3 is 2.49 bits per heavy atom. The molecule has 0 saturated heterocycles. The number of carbonyl (C=O) groups excluding carboxylic acids is 4. The average molecular weight is 590 g/mol. The molecule has 13 nitrogen and oxygen atoms in total. The number of nitrogens with zero attached hydrogens (tertiary/aromatic N) is 3. The Kier molecular flexibility index (Phi) is 9.30. The molecular formula is C30H35N7O6. The van der Waals surface area contributed by atoms with E-state index in [0.29, 0.717) is 17.4 Å². The van der Waals surface area contributed by atoms with E-state index >= 15 is 0 Å². The smallest absolute Gasteiger partial charge is 0.245 e. The number of aromatic nitrogens is 3. The molecule has 3 atom stereocenters. The standard InChI is InChI=1S/C30H35N7O6/c1-18-27-35-26(20-5-3-2-4-6-20)36-37(27)16-25(39)31-13-14-43-22-11-7-19(8-12-22)15-23(33-28(40)21-9-10-21)29(41)34-24(17-38)30(42)32-18/h2-8,11-12,18,21,23-24,38H,9-10,13-17H2,1H3,(H,31,39)(H,32,42)(H,33,40)(H,34,41)/t18-,23-,24-/m0/s1. The summed E-state index contributed by atoms with van der Waals surface area (Å²) in [5, 5.41) is 25.5. The van der Waals surface area contributed by atoms with E-state index in [0.717, 1.165) is 24.0 Å². The van der Waals surface area contributed by atoms with E-state index in [2.05, 4.69) is 31.3 Å². The number of hydrogen-bond donors (Lipinski definition) is 5. The topological polar surface area (TPSA) is 177 Å². The van der Waals surface area contributed by atoms with Gasteiger partial charge in [0, 0.05) is 17.9 Å². The highest BCUT2D eigenvalue weighted by Gasteiger charge is 2.34. The van der Waals surface area contributed by atoms with Gasteiger partial charge in [-0.25, -0.2) is 9.67 Å². The molecule has 0 spiro atoms. The summed E-state index contributed by atoms with van der Waals surface area (Å²) in [6, 6.07) is 13.2. The third-order valence-electron chi connectivity index (χ3n) is 7.22. The zero-order chi connectivity index (χ0) is 30.3. The van der Waals surface area contributed by atoms with E-state index in [1.54, 1.807) is 31.2 Å². The molecule has 1 aliphatic carbocycles. The maximum absolute atomic E-state index is 13.4. The van der Waals surface area contributed by atoms with Crippen molar-refractivity contribution < 1.29 is 29.0 Å². The van der Waals surface area contributed by atoms with E-state index < -0.39 is 36.5 Å². The SMILES string of the molecule is C[C@@H]1NC(=O)[C@H](CO)NC(=O)[C@@H](NC(=O)C2CC2)Cc2ccc(cc2)OCCNC(=O)Cn2nc(-c3ccccc3)nc21. The first-order chi connectivity index (χ1) is 20.8. The van der Waals surface area contributed by atoms with Crippen LogP contribution >= 0.6 is 0 Å². The predicted molar refractivity (Wildman–Crippen MR) is 154 cm³/mol. The molecule has 43 heavy (non-hydrogen) atoms. The Labute approximate surface area is 248 Å². The van der Waals surface area contributed by atoms with Gasteiger partial charge < -0.3 is 31.1 Å². The predicted octanol–water partition coefficient (Wildman–Crippen LogP) is 0.246. The second kappa shape index (κ2) is 13.5. The molecular weight excluding hydrogens is 554 g/mol. The van der Waals surface area contributed by atoms with Gasteiger partial charge in [0.25, 0.3) is 0 Å². The van der Waals surface area contributed by atoms with Crippen LogP contribution < -0.4 is 26.0 Å². The third-order valence-corrected chi connectivity index (χ3v) is 7.22. The Hall–Kier alpha value is -4.78. The minimum absolute atomic E-state index is 0.124. The first-order valence-corrected chi connectivity index (χ1v) is 14.3. The average Bonchev–Trinajstić information content (AvgIpc) is 3.78. The number of rotatable bonds is 4. The van der Waals surface area contributed by atoms with Gasteiger partial charge in [-0.15, -0.1) is 0 Å². The van der Waals surface area contributed by atoms with Gasteiger partial charge in [-0.3, -0.25) is 19.2 Å². The van der Waals surface area contributed by atoms with Gasteiger partial charge in [-0.05, 0) is 37.5 Å². The number of carbonyl (C=O) groups is 4. The number of ether oxygens (including phenoxy) is 1. The van der Waals surface area contributed by atoms with Crippen LogP contribution in [0.3, 0.4) is 0 Å². The van der Waals surface area contributed by atoms with E-state index in [-0.39, 0.29) is 43.8 Å². The molecule has 1 fully saturated rings. The van der Waals surface area contributed by atoms with Crippen molar-refractivity contribution in [3.8, 4) is 17.1 Å². The molecule has 5 N–H and O–H groups in total. The summed E-state index contributed by atoms with van der Waals surface area (Å²) in [7, 11) is 0. The Balaban J connectivity index is 1.41. The second-order valence-electron chi connectivity index (χ2n) is 10.7. The lowest BCUT2D eigenvalue weighted by Crippen LogP contribution is -2.56. The summed E-state index contributed by atoms with van der Waals surface area (Å²) >= 11 is 0. The monoisotopic (exact) mass is 589 g/mol. The van der Waals surface area contributed by atoms with E-state index in [9.17, 15) is 24.3 Å². The maximum atomic E-state index is 13.4. The molecule has 4 amide bonds. The quantitative estimate of drug-likeness (QED) is 0.288. The zero-order valence-electron chi connectivity index (χ0n) is 23.8. The number of nitrogens with one attached hydrogen (secondary N) is 4. The fourth-order valence-electron chi connectivity index (χ4n) is 4.70. The minimum Gasteiger partial charge on any atom is -0.492 e. The summed E-state index contributed by atoms with van der Waals surface area (Å²) in [5.74, 6) is -0.668. The van der Waals surface area contributed by atoms with Crippen LogP contribution in [0.15, 0.2) is 54.6 Å². The molecule has 2 aromatic carbocycles. The van der Waals surface area contributed by atoms with Crippen LogP contribution in [0.1, 0.15) is 37.2 Å². The molecule has 3 aliphatic rings. The largest absolute Gasteiger partial charge is 0.492 e. The van der Waals surface area contributed by atoms with Gasteiger partial charge in [-0.2, -0.15) is 5.10 Å². The van der Waals surface area contributed by atoms with E-state index in [1.807, 2.05) is 30.3 Å². The van der Waals surface area contributed by atoms with Crippen molar-refractivity contribution in [2.75, 3.05) is 19.8 Å². The zero-order valence-corrected chi connectivity index (χ0v) is 23.8. The Morgan fingerprint density at radius 2 is 1.79 bits per heavy atom. The molecule has 2 bridgehead atoms. The van der Waals surface area contributed by atoms with Crippen molar-refractivity contribution in [1.82, 2.24) is 36.0 Å². The van der Waals surface area contributed by atoms with Crippen LogP contribution in [0.4, 0.5) is 0 Å². The molecule has 13 heteroatoms. The molecule has 0 unspecified atom stereocenters. The van der Waals surface area contributed by atoms with Crippen LogP contribution in [0.2, 0.25) is 0 Å². The van der Waals surface area contributed by atoms with Crippen molar-refractivity contribution in [3.63, 3.8) is 0 Å². The lowest BCUT2D eigenvalue weighted by molar-refractivity contribution is -0.133. The molecule has 6 rings (SSSR count). The van der Waals surface area contributed by atoms with Gasteiger partial charge in [0.1, 0.15) is 36.8 Å². The number of hydrogen-bond acceptors (Lipinski definition) is 8. The molecule has 2 aliphatic heterocycles. The highest BCUT2D eigenvalue weighted by atomic mass is 16.5. The lowest BCUT2D eigenvalue weighted by atomic mass is 10.0. The van der Waals surface area contributed by atoms with Gasteiger partial charge in [0.15, 0.2) is 5.82 Å².